The molecule has 1 saturated heterocycles. The van der Waals surface area contributed by atoms with Gasteiger partial charge in [-0.15, -0.1) is 0 Å². The number of carbonyl (C=O) groups excluding carboxylic acids is 2. The lowest BCUT2D eigenvalue weighted by molar-refractivity contribution is -0.302. The van der Waals surface area contributed by atoms with E-state index in [1.807, 2.05) is 6.08 Å². The van der Waals surface area contributed by atoms with Gasteiger partial charge < -0.3 is 45.1 Å². The molecule has 6 N–H and O–H groups in total. The normalized spacial score (nSPS) is 17.3. The summed E-state index contributed by atoms with van der Waals surface area (Å²) in [7, 11) is 0. The molecule has 1 heterocycles. The Morgan fingerprint density at radius 1 is 0.374 bits per heavy atom. The molecule has 1 aliphatic rings. The summed E-state index contributed by atoms with van der Waals surface area (Å²) in [5.41, 5.74) is 0. The molecule has 1 amide bonds. The van der Waals surface area contributed by atoms with Crippen molar-refractivity contribution in [2.75, 3.05) is 19.8 Å². The highest BCUT2D eigenvalue weighted by molar-refractivity contribution is 5.76. The second-order valence-electron chi connectivity index (χ2n) is 30.2. The molecule has 0 aliphatic carbocycles. The van der Waals surface area contributed by atoms with Gasteiger partial charge in [0.05, 0.1) is 32.0 Å². The SMILES string of the molecule is CCCCCCCC/C=C\CCCCCCCCCCCC(=O)OCCCCCCCCCCCCCCCCC/C=C\C/C=C\CCCCCCCCCCCCCCCCCCCC(=O)NC(COC1OC(CO)C(O)C(O)C1O)C(O)/C=C/CCCCCCCCCCCCC. The van der Waals surface area contributed by atoms with Crippen LogP contribution in [0.2, 0.25) is 0 Å². The highest BCUT2D eigenvalue weighted by Crippen LogP contribution is 2.24. The van der Waals surface area contributed by atoms with Crippen LogP contribution in [0.4, 0.5) is 0 Å². The lowest BCUT2D eigenvalue weighted by Gasteiger charge is -2.40. The first-order valence-corrected chi connectivity index (χ1v) is 43.4. The molecule has 99 heavy (non-hydrogen) atoms. The molecule has 582 valence electrons. The van der Waals surface area contributed by atoms with Gasteiger partial charge in [0.15, 0.2) is 6.29 Å². The molecule has 11 nitrogen and oxygen atoms in total. The molecule has 1 aliphatic heterocycles. The fourth-order valence-corrected chi connectivity index (χ4v) is 13.9. The standard InChI is InChI=1S/C88H165NO10/c1-3-5-7-9-11-13-15-17-18-19-41-45-48-52-56-60-64-68-72-76-84(93)97-77-73-69-65-61-57-53-49-46-43-40-38-36-34-32-30-28-26-24-22-20-21-23-25-27-29-31-33-35-37-39-42-44-47-51-55-59-63-67-71-75-83(92)89-80(79-98-88-87(96)86(95)85(94)82(78-90)99-88)81(91)74-70-66-62-58-54-50-16-14-12-10-8-6-4-2/h17-18,20-21,24,26,70,74,80-82,85-88,90-91,94-96H,3-16,19,22-23,25,27-69,71-73,75-79H2,1-2H3,(H,89,92)/b18-17-,21-20-,26-24-,74-70+. The number of ether oxygens (including phenoxy) is 3. The van der Waals surface area contributed by atoms with E-state index in [0.29, 0.717) is 19.4 Å². The molecule has 1 fully saturated rings. The van der Waals surface area contributed by atoms with Crippen LogP contribution < -0.4 is 5.32 Å². The maximum atomic E-state index is 13.1. The van der Waals surface area contributed by atoms with Crippen LogP contribution in [0.3, 0.4) is 0 Å². The van der Waals surface area contributed by atoms with Crippen molar-refractivity contribution in [1.82, 2.24) is 5.32 Å². The molecule has 0 aromatic heterocycles. The monoisotopic (exact) mass is 1400 g/mol. The van der Waals surface area contributed by atoms with Gasteiger partial charge in [0.2, 0.25) is 5.91 Å². The van der Waals surface area contributed by atoms with Crippen LogP contribution in [0.15, 0.2) is 48.6 Å². The Labute approximate surface area is 612 Å². The van der Waals surface area contributed by atoms with Crippen LogP contribution in [0, 0.1) is 0 Å². The summed E-state index contributed by atoms with van der Waals surface area (Å²) in [5, 5.41) is 54.6. The number of amides is 1. The number of hydrogen-bond acceptors (Lipinski definition) is 10. The van der Waals surface area contributed by atoms with Gasteiger partial charge in [0.1, 0.15) is 24.4 Å². The molecule has 0 bridgehead atoms. The average Bonchev–Trinajstić information content (AvgIpc) is 0.866. The van der Waals surface area contributed by atoms with E-state index in [2.05, 4.69) is 55.6 Å². The summed E-state index contributed by atoms with van der Waals surface area (Å²) >= 11 is 0. The minimum Gasteiger partial charge on any atom is -0.466 e. The first-order chi connectivity index (χ1) is 48.7. The van der Waals surface area contributed by atoms with Crippen molar-refractivity contribution in [3.05, 3.63) is 48.6 Å². The average molecular weight is 1400 g/mol. The molecule has 0 aromatic rings. The van der Waals surface area contributed by atoms with Crippen molar-refractivity contribution in [3.63, 3.8) is 0 Å². The Morgan fingerprint density at radius 3 is 1.03 bits per heavy atom. The van der Waals surface area contributed by atoms with Gasteiger partial charge in [-0.05, 0) is 89.9 Å². The van der Waals surface area contributed by atoms with E-state index in [1.165, 1.54) is 347 Å². The number of aliphatic hydroxyl groups is 5. The van der Waals surface area contributed by atoms with Gasteiger partial charge in [0.25, 0.3) is 0 Å². The summed E-state index contributed by atoms with van der Waals surface area (Å²) in [6, 6.07) is -0.808. The second kappa shape index (κ2) is 76.7. The molecule has 0 aromatic carbocycles. The maximum absolute atomic E-state index is 13.1. The van der Waals surface area contributed by atoms with Crippen molar-refractivity contribution in [2.45, 2.75) is 480 Å². The number of carbonyl (C=O) groups is 2. The first kappa shape index (κ1) is 94.6. The molecule has 0 spiro atoms. The quantitative estimate of drug-likeness (QED) is 0.0195. The summed E-state index contributed by atoms with van der Waals surface area (Å²) in [6.07, 6.45) is 93.1. The van der Waals surface area contributed by atoms with Crippen molar-refractivity contribution < 1.29 is 49.3 Å². The third-order valence-corrected chi connectivity index (χ3v) is 20.7. The molecule has 0 radical (unpaired) electrons. The van der Waals surface area contributed by atoms with Crippen LogP contribution in [0.25, 0.3) is 0 Å². The maximum Gasteiger partial charge on any atom is 0.305 e. The van der Waals surface area contributed by atoms with E-state index in [-0.39, 0.29) is 18.5 Å². The third kappa shape index (κ3) is 64.9. The van der Waals surface area contributed by atoms with Gasteiger partial charge >= 0.3 is 5.97 Å². The molecular formula is C88H165NO10. The number of unbranched alkanes of at least 4 members (excludes halogenated alkanes) is 58. The van der Waals surface area contributed by atoms with Crippen molar-refractivity contribution >= 4 is 11.9 Å². The number of nitrogens with one attached hydrogen (secondary N) is 1. The highest BCUT2D eigenvalue weighted by atomic mass is 16.7. The zero-order chi connectivity index (χ0) is 71.5. The van der Waals surface area contributed by atoms with Gasteiger partial charge in [-0.25, -0.2) is 0 Å². The van der Waals surface area contributed by atoms with Gasteiger partial charge in [-0.3, -0.25) is 9.59 Å². The fraction of sp³-hybridized carbons (Fsp3) is 0.886. The molecule has 0 saturated carbocycles. The van der Waals surface area contributed by atoms with Crippen molar-refractivity contribution in [2.24, 2.45) is 0 Å². The Kier molecular flexibility index (Phi) is 73.4. The largest absolute Gasteiger partial charge is 0.466 e. The van der Waals surface area contributed by atoms with E-state index in [9.17, 15) is 35.1 Å². The third-order valence-electron chi connectivity index (χ3n) is 20.7. The van der Waals surface area contributed by atoms with Crippen molar-refractivity contribution in [3.8, 4) is 0 Å². The van der Waals surface area contributed by atoms with Crippen LogP contribution in [0.1, 0.15) is 438 Å². The van der Waals surface area contributed by atoms with E-state index in [0.717, 1.165) is 64.2 Å². The number of hydrogen-bond donors (Lipinski definition) is 6. The predicted molar refractivity (Wildman–Crippen MR) is 421 cm³/mol. The van der Waals surface area contributed by atoms with Gasteiger partial charge in [-0.1, -0.05) is 383 Å². The molecule has 7 unspecified atom stereocenters. The zero-order valence-corrected chi connectivity index (χ0v) is 65.2. The second-order valence-corrected chi connectivity index (χ2v) is 30.2. The topological polar surface area (TPSA) is 175 Å². The molecular weight excluding hydrogens is 1230 g/mol. The first-order valence-electron chi connectivity index (χ1n) is 43.4. The summed E-state index contributed by atoms with van der Waals surface area (Å²) in [5.74, 6) is -0.161. The molecule has 11 heteroatoms. The molecule has 1 rings (SSSR count). The minimum atomic E-state index is -1.57. The number of allylic oxidation sites excluding steroid dienone is 7. The molecule has 7 atom stereocenters. The van der Waals surface area contributed by atoms with E-state index in [4.69, 9.17) is 14.2 Å². The minimum absolute atomic E-state index is 0.0149. The Morgan fingerprint density at radius 2 is 0.677 bits per heavy atom. The fourth-order valence-electron chi connectivity index (χ4n) is 13.9. The van der Waals surface area contributed by atoms with Crippen molar-refractivity contribution in [1.29, 1.82) is 0 Å². The van der Waals surface area contributed by atoms with E-state index >= 15 is 0 Å². The van der Waals surface area contributed by atoms with E-state index < -0.39 is 49.5 Å². The summed E-state index contributed by atoms with van der Waals surface area (Å²) in [4.78, 5) is 25.2. The number of rotatable bonds is 78. The highest BCUT2D eigenvalue weighted by Gasteiger charge is 2.44. The number of aliphatic hydroxyl groups excluding tert-OH is 5. The van der Waals surface area contributed by atoms with Gasteiger partial charge in [-0.2, -0.15) is 0 Å². The smallest absolute Gasteiger partial charge is 0.305 e. The Balaban J connectivity index is 1.87. The van der Waals surface area contributed by atoms with E-state index in [1.54, 1.807) is 6.08 Å². The van der Waals surface area contributed by atoms with Crippen LogP contribution in [-0.2, 0) is 23.8 Å². The Bertz CT molecular complexity index is 1790. The lowest BCUT2D eigenvalue weighted by Crippen LogP contribution is -2.60. The zero-order valence-electron chi connectivity index (χ0n) is 65.2. The van der Waals surface area contributed by atoms with Crippen LogP contribution >= 0.6 is 0 Å². The summed E-state index contributed by atoms with van der Waals surface area (Å²) < 4.78 is 16.8. The predicted octanol–water partition coefficient (Wildman–Crippen LogP) is 24.2. The van der Waals surface area contributed by atoms with Crippen LogP contribution in [0.5, 0.6) is 0 Å². The number of esters is 1. The van der Waals surface area contributed by atoms with Crippen LogP contribution in [-0.4, -0.2) is 100 Å². The van der Waals surface area contributed by atoms with Gasteiger partial charge in [0, 0.05) is 12.8 Å². The summed E-state index contributed by atoms with van der Waals surface area (Å²) in [6.45, 7) is 4.40. The lowest BCUT2D eigenvalue weighted by atomic mass is 9.99. The Hall–Kier alpha value is -2.38.